The molecule has 0 aliphatic heterocycles. The zero-order valence-corrected chi connectivity index (χ0v) is 9.87. The number of hydrogen-bond donors (Lipinski definition) is 0. The number of hydrogen-bond acceptors (Lipinski definition) is 2. The van der Waals surface area contributed by atoms with Gasteiger partial charge in [0.1, 0.15) is 0 Å². The molecule has 0 aromatic heterocycles. The fourth-order valence-corrected chi connectivity index (χ4v) is 1.38. The third-order valence-electron chi connectivity index (χ3n) is 2.16. The van der Waals surface area contributed by atoms with Crippen molar-refractivity contribution in [2.45, 2.75) is 39.5 Å². The van der Waals surface area contributed by atoms with Crippen LogP contribution in [0.1, 0.15) is 39.5 Å². The molecule has 0 N–H and O–H groups in total. The summed E-state index contributed by atoms with van der Waals surface area (Å²) in [6.07, 6.45) is 9.56. The van der Waals surface area contributed by atoms with Gasteiger partial charge in [0.15, 0.2) is 0 Å². The molecule has 0 saturated carbocycles. The van der Waals surface area contributed by atoms with Crippen LogP contribution < -0.4 is 0 Å². The van der Waals surface area contributed by atoms with Crippen LogP contribution in [0.25, 0.3) is 0 Å². The largest absolute Gasteiger partial charge is 0.466 e. The van der Waals surface area contributed by atoms with Crippen molar-refractivity contribution >= 4 is 5.97 Å². The normalized spacial score (nSPS) is 12.7. The van der Waals surface area contributed by atoms with Crippen LogP contribution in [-0.4, -0.2) is 12.6 Å². The Morgan fingerprint density at radius 1 is 1.40 bits per heavy atom. The summed E-state index contributed by atoms with van der Waals surface area (Å²) >= 11 is 0. The standard InChI is InChI=1S/C13H22O2/c1-4-7-8-9-11-12(10-5-2)13(14)15-6-3/h5,7-8,12H,2,4,6,9-11H2,1,3H3. The average Bonchev–Trinajstić information content (AvgIpc) is 2.23. The summed E-state index contributed by atoms with van der Waals surface area (Å²) in [6.45, 7) is 8.05. The van der Waals surface area contributed by atoms with Crippen LogP contribution in [0.3, 0.4) is 0 Å². The molecular formula is C13H22O2. The highest BCUT2D eigenvalue weighted by atomic mass is 16.5. The summed E-state index contributed by atoms with van der Waals surface area (Å²) < 4.78 is 5.00. The highest BCUT2D eigenvalue weighted by Crippen LogP contribution is 2.14. The van der Waals surface area contributed by atoms with E-state index in [4.69, 9.17) is 4.74 Å². The zero-order valence-electron chi connectivity index (χ0n) is 9.87. The van der Waals surface area contributed by atoms with E-state index in [0.717, 1.165) is 19.3 Å². The Labute approximate surface area is 93.0 Å². The van der Waals surface area contributed by atoms with Crippen LogP contribution in [0.2, 0.25) is 0 Å². The molecule has 0 radical (unpaired) electrons. The van der Waals surface area contributed by atoms with Gasteiger partial charge < -0.3 is 4.74 Å². The van der Waals surface area contributed by atoms with Crippen molar-refractivity contribution in [1.29, 1.82) is 0 Å². The molecule has 0 amide bonds. The maximum atomic E-state index is 11.5. The highest BCUT2D eigenvalue weighted by molar-refractivity contribution is 5.72. The Kier molecular flexibility index (Phi) is 8.84. The Morgan fingerprint density at radius 3 is 2.67 bits per heavy atom. The predicted molar refractivity (Wildman–Crippen MR) is 63.6 cm³/mol. The van der Waals surface area contributed by atoms with Crippen LogP contribution >= 0.6 is 0 Å². The summed E-state index contributed by atoms with van der Waals surface area (Å²) in [5.41, 5.74) is 0. The Hall–Kier alpha value is -1.05. The molecule has 0 aliphatic rings. The van der Waals surface area contributed by atoms with Gasteiger partial charge in [-0.25, -0.2) is 0 Å². The number of carbonyl (C=O) groups excluding carboxylic acids is 1. The van der Waals surface area contributed by atoms with Crippen LogP contribution in [0.5, 0.6) is 0 Å². The summed E-state index contributed by atoms with van der Waals surface area (Å²) in [6, 6.07) is 0. The molecule has 0 aliphatic carbocycles. The summed E-state index contributed by atoms with van der Waals surface area (Å²) in [7, 11) is 0. The van der Waals surface area contributed by atoms with Gasteiger partial charge in [-0.3, -0.25) is 4.79 Å². The van der Waals surface area contributed by atoms with Gasteiger partial charge in [-0.2, -0.15) is 0 Å². The van der Waals surface area contributed by atoms with Crippen molar-refractivity contribution in [1.82, 2.24) is 0 Å². The summed E-state index contributed by atoms with van der Waals surface area (Å²) in [4.78, 5) is 11.5. The lowest BCUT2D eigenvalue weighted by Gasteiger charge is -2.12. The van der Waals surface area contributed by atoms with Gasteiger partial charge in [0.25, 0.3) is 0 Å². The lowest BCUT2D eigenvalue weighted by molar-refractivity contribution is -0.148. The Bertz CT molecular complexity index is 207. The van der Waals surface area contributed by atoms with Gasteiger partial charge >= 0.3 is 5.97 Å². The van der Waals surface area contributed by atoms with Crippen molar-refractivity contribution in [2.24, 2.45) is 5.92 Å². The maximum absolute atomic E-state index is 11.5. The molecule has 2 nitrogen and oxygen atoms in total. The maximum Gasteiger partial charge on any atom is 0.309 e. The first-order chi connectivity index (χ1) is 7.26. The number of carbonyl (C=O) groups is 1. The van der Waals surface area contributed by atoms with Gasteiger partial charge in [0.05, 0.1) is 12.5 Å². The van der Waals surface area contributed by atoms with Crippen LogP contribution in [0.15, 0.2) is 24.8 Å². The van der Waals surface area contributed by atoms with E-state index in [0.29, 0.717) is 13.0 Å². The second-order valence-electron chi connectivity index (χ2n) is 3.43. The van der Waals surface area contributed by atoms with Gasteiger partial charge in [0.2, 0.25) is 0 Å². The van der Waals surface area contributed by atoms with Crippen molar-refractivity contribution in [3.05, 3.63) is 24.8 Å². The topological polar surface area (TPSA) is 26.3 Å². The molecular weight excluding hydrogens is 188 g/mol. The molecule has 15 heavy (non-hydrogen) atoms. The molecule has 0 fully saturated rings. The molecule has 0 aromatic rings. The molecule has 0 bridgehead atoms. The molecule has 0 saturated heterocycles. The molecule has 1 unspecified atom stereocenters. The first-order valence-corrected chi connectivity index (χ1v) is 5.68. The lowest BCUT2D eigenvalue weighted by Crippen LogP contribution is -2.17. The molecule has 1 atom stereocenters. The molecule has 0 rings (SSSR count). The second-order valence-corrected chi connectivity index (χ2v) is 3.43. The average molecular weight is 210 g/mol. The predicted octanol–water partition coefficient (Wildman–Crippen LogP) is 3.49. The van der Waals surface area contributed by atoms with E-state index in [2.05, 4.69) is 25.7 Å². The SMILES string of the molecule is C=CCC(CCC=CCC)C(=O)OCC. The van der Waals surface area contributed by atoms with E-state index in [-0.39, 0.29) is 11.9 Å². The number of allylic oxidation sites excluding steroid dienone is 3. The van der Waals surface area contributed by atoms with Gasteiger partial charge in [-0.05, 0) is 32.6 Å². The minimum Gasteiger partial charge on any atom is -0.466 e. The Morgan fingerprint density at radius 2 is 2.13 bits per heavy atom. The third-order valence-corrected chi connectivity index (χ3v) is 2.16. The van der Waals surface area contributed by atoms with E-state index in [9.17, 15) is 4.79 Å². The zero-order chi connectivity index (χ0) is 11.5. The number of rotatable bonds is 8. The van der Waals surface area contributed by atoms with Gasteiger partial charge in [-0.1, -0.05) is 25.2 Å². The van der Waals surface area contributed by atoms with Crippen LogP contribution in [-0.2, 0) is 9.53 Å². The minimum absolute atomic E-state index is 0.0241. The lowest BCUT2D eigenvalue weighted by atomic mass is 9.99. The van der Waals surface area contributed by atoms with Gasteiger partial charge in [0, 0.05) is 0 Å². The first kappa shape index (κ1) is 13.9. The first-order valence-electron chi connectivity index (χ1n) is 5.68. The van der Waals surface area contributed by atoms with Gasteiger partial charge in [-0.15, -0.1) is 6.58 Å². The molecule has 0 heterocycles. The van der Waals surface area contributed by atoms with E-state index < -0.39 is 0 Å². The van der Waals surface area contributed by atoms with Crippen molar-refractivity contribution in [3.8, 4) is 0 Å². The monoisotopic (exact) mass is 210 g/mol. The number of esters is 1. The second kappa shape index (κ2) is 9.50. The van der Waals surface area contributed by atoms with E-state index in [1.807, 2.05) is 6.92 Å². The molecule has 2 heteroatoms. The highest BCUT2D eigenvalue weighted by Gasteiger charge is 2.16. The smallest absolute Gasteiger partial charge is 0.309 e. The molecule has 0 aromatic carbocycles. The fraction of sp³-hybridized carbons (Fsp3) is 0.615. The number of ether oxygens (including phenoxy) is 1. The fourth-order valence-electron chi connectivity index (χ4n) is 1.38. The minimum atomic E-state index is -0.0951. The van der Waals surface area contributed by atoms with Crippen molar-refractivity contribution < 1.29 is 9.53 Å². The van der Waals surface area contributed by atoms with Crippen molar-refractivity contribution in [2.75, 3.05) is 6.61 Å². The van der Waals surface area contributed by atoms with Crippen LogP contribution in [0, 0.1) is 5.92 Å². The summed E-state index contributed by atoms with van der Waals surface area (Å²) in [5, 5.41) is 0. The quantitative estimate of drug-likeness (QED) is 0.453. The molecule has 86 valence electrons. The van der Waals surface area contributed by atoms with E-state index in [1.54, 1.807) is 6.08 Å². The van der Waals surface area contributed by atoms with E-state index >= 15 is 0 Å². The summed E-state index contributed by atoms with van der Waals surface area (Å²) in [5.74, 6) is -0.119. The third kappa shape index (κ3) is 6.95. The Balaban J connectivity index is 3.97. The molecule has 0 spiro atoms. The van der Waals surface area contributed by atoms with Crippen LogP contribution in [0.4, 0.5) is 0 Å². The van der Waals surface area contributed by atoms with E-state index in [1.165, 1.54) is 0 Å². The van der Waals surface area contributed by atoms with Crippen molar-refractivity contribution in [3.63, 3.8) is 0 Å².